The predicted molar refractivity (Wildman–Crippen MR) is 54.4 cm³/mol. The van der Waals surface area contributed by atoms with Crippen molar-refractivity contribution in [2.75, 3.05) is 0 Å². The Morgan fingerprint density at radius 3 is 0.286 bits per heavy atom. The Balaban J connectivity index is 0. The molecule has 0 aliphatic carbocycles. The largest absolute Gasteiger partial charge is 1.00 e. The van der Waals surface area contributed by atoms with E-state index in [4.69, 9.17) is 0 Å². The monoisotopic (exact) mass is 270 g/mol. The van der Waals surface area contributed by atoms with Crippen LogP contribution >= 0.6 is 0 Å². The molecule has 12 nitrogen and oxygen atoms in total. The van der Waals surface area contributed by atoms with E-state index in [2.05, 4.69) is 0 Å². The molecule has 0 spiro atoms. The average Bonchev–Trinajstić information content (AvgIpc) is 0. The van der Waals surface area contributed by atoms with Crippen LogP contribution in [0.2, 0.25) is 0 Å². The van der Waals surface area contributed by atoms with E-state index in [0.717, 1.165) is 0 Å². The van der Waals surface area contributed by atoms with Gasteiger partial charge in [-0.05, 0) is 0 Å². The summed E-state index contributed by atoms with van der Waals surface area (Å²) in [5.74, 6) is 0. The molecule has 14 heavy (non-hydrogen) atoms. The van der Waals surface area contributed by atoms with E-state index in [0.29, 0.717) is 0 Å². The molecule has 0 bridgehead atoms. The van der Waals surface area contributed by atoms with Crippen molar-refractivity contribution in [3.05, 3.63) is 0 Å². The van der Waals surface area contributed by atoms with Crippen molar-refractivity contribution in [2.45, 2.75) is 0 Å². The minimum absolute atomic E-state index is 0. The molecule has 14 heteroatoms. The summed E-state index contributed by atoms with van der Waals surface area (Å²) in [4.78, 5) is 0. The summed E-state index contributed by atoms with van der Waals surface area (Å²) in [6, 6.07) is 0. The summed E-state index contributed by atoms with van der Waals surface area (Å²) >= 11 is 0. The fraction of sp³-hybridized carbons (Fsp3) is 0. The van der Waals surface area contributed by atoms with Crippen molar-refractivity contribution < 1.29 is 96.7 Å². The maximum absolute atomic E-state index is 0. The number of rotatable bonds is 0. The molecule has 0 aromatic carbocycles. The van der Waals surface area contributed by atoms with E-state index >= 15 is 0 Å². The average molecular weight is 270 g/mol. The van der Waals surface area contributed by atoms with E-state index < -0.39 is 0 Å². The quantitative estimate of drug-likeness (QED) is 0.369. The molecule has 0 aliphatic rings. The molecule has 0 aliphatic heterocycles. The van der Waals surface area contributed by atoms with Crippen LogP contribution in [-0.4, -0.2) is 83.1 Å². The van der Waals surface area contributed by atoms with Crippen LogP contribution < -0.4 is 29.6 Å². The Bertz CT molecular complexity index is 15.6. The van der Waals surface area contributed by atoms with Crippen LogP contribution in [0.3, 0.4) is 0 Å². The standard InChI is InChI=1S/Al.Na.12H2O.4H/h;;12*1H2;;;;/q;+1;;;;;;;;;;;;;;;;-1. The summed E-state index contributed by atoms with van der Waals surface area (Å²) in [7, 11) is 0. The second kappa shape index (κ2) is 2160. The maximum atomic E-state index is 0. The Kier molecular flexibility index (Phi) is 414000. The fourth-order valence-electron chi connectivity index (χ4n) is 0. The Morgan fingerprint density at radius 1 is 0.286 bits per heavy atom. The van der Waals surface area contributed by atoms with Crippen molar-refractivity contribution in [2.24, 2.45) is 0 Å². The summed E-state index contributed by atoms with van der Waals surface area (Å²) in [5, 5.41) is 0. The fourth-order valence-corrected chi connectivity index (χ4v) is 0. The van der Waals surface area contributed by atoms with Crippen LogP contribution in [0.5, 0.6) is 0 Å². The zero-order valence-corrected chi connectivity index (χ0v) is 9.00. The summed E-state index contributed by atoms with van der Waals surface area (Å²) in [5.41, 5.74) is 0. The van der Waals surface area contributed by atoms with Gasteiger partial charge in [-0.15, -0.1) is 0 Å². The van der Waals surface area contributed by atoms with Gasteiger partial charge in [0, 0.05) is 0 Å². The molecule has 0 saturated carbocycles. The summed E-state index contributed by atoms with van der Waals surface area (Å²) in [6.45, 7) is 0. The topological polar surface area (TPSA) is 378 Å². The van der Waals surface area contributed by atoms with E-state index in [-0.39, 0.29) is 114 Å². The second-order valence-electron chi connectivity index (χ2n) is 0. The normalized spacial score (nSPS) is 0. The molecule has 0 aromatic heterocycles. The molecule has 0 rings (SSSR count). The van der Waals surface area contributed by atoms with Crippen LogP contribution in [0.25, 0.3) is 0 Å². The zero-order valence-electron chi connectivity index (χ0n) is 8.00. The van der Waals surface area contributed by atoms with Crippen LogP contribution in [0.1, 0.15) is 1.43 Å². The third kappa shape index (κ3) is 1710. The number of hydrogen-bond acceptors (Lipinski definition) is 0. The van der Waals surface area contributed by atoms with E-state index in [1.807, 2.05) is 0 Å². The van der Waals surface area contributed by atoms with Gasteiger partial charge in [-0.2, -0.15) is 0 Å². The molecule has 0 amide bonds. The van der Waals surface area contributed by atoms with Gasteiger partial charge in [-0.1, -0.05) is 0 Å². The first-order valence-electron chi connectivity index (χ1n) is 0. The van der Waals surface area contributed by atoms with Gasteiger partial charge >= 0.3 is 29.6 Å². The minimum atomic E-state index is 0. The van der Waals surface area contributed by atoms with E-state index in [1.54, 1.807) is 0 Å². The molecule has 0 heterocycles. The summed E-state index contributed by atoms with van der Waals surface area (Å²) < 4.78 is 0. The first-order chi connectivity index (χ1) is 0. The SMILES string of the molecule is O.O.O.O.O.O.O.O.O.O.O.O.[AlH3].[H-].[Na+]. The molecule has 0 radical (unpaired) electrons. The van der Waals surface area contributed by atoms with Crippen molar-refractivity contribution in [3.63, 3.8) is 0 Å². The van der Waals surface area contributed by atoms with E-state index in [9.17, 15) is 0 Å². The Morgan fingerprint density at radius 2 is 0.286 bits per heavy atom. The van der Waals surface area contributed by atoms with Crippen molar-refractivity contribution in [1.29, 1.82) is 0 Å². The maximum Gasteiger partial charge on any atom is 1.00 e. The molecule has 0 saturated heterocycles. The van der Waals surface area contributed by atoms with Crippen LogP contribution in [0.15, 0.2) is 0 Å². The molecule has 104 valence electrons. The van der Waals surface area contributed by atoms with Gasteiger partial charge in [0.1, 0.15) is 0 Å². The molecule has 0 atom stereocenters. The third-order valence-electron chi connectivity index (χ3n) is 0. The van der Waals surface area contributed by atoms with Gasteiger partial charge in [0.15, 0.2) is 17.4 Å². The van der Waals surface area contributed by atoms with E-state index in [1.165, 1.54) is 0 Å². The predicted octanol–water partition coefficient (Wildman–Crippen LogP) is -14.0. The number of hydrogen-bond donors (Lipinski definition) is 0. The second-order valence-corrected chi connectivity index (χ2v) is 0. The Hall–Kier alpha value is 1.05. The van der Waals surface area contributed by atoms with Crippen molar-refractivity contribution in [3.8, 4) is 0 Å². The minimum Gasteiger partial charge on any atom is -1.00 e. The molecule has 0 fully saturated rings. The van der Waals surface area contributed by atoms with Gasteiger partial charge in [-0.3, -0.25) is 0 Å². The van der Waals surface area contributed by atoms with Gasteiger partial charge in [0.25, 0.3) is 0 Å². The van der Waals surface area contributed by atoms with Gasteiger partial charge in [0.05, 0.1) is 0 Å². The van der Waals surface area contributed by atoms with Crippen LogP contribution in [0, 0.1) is 0 Å². The first-order valence-corrected chi connectivity index (χ1v) is 0. The van der Waals surface area contributed by atoms with Gasteiger partial charge in [-0.25, -0.2) is 0 Å². The smallest absolute Gasteiger partial charge is 1.00 e. The molecular weight excluding hydrogens is 242 g/mol. The van der Waals surface area contributed by atoms with Crippen molar-refractivity contribution in [1.82, 2.24) is 0 Å². The molecule has 0 aromatic rings. The van der Waals surface area contributed by atoms with Gasteiger partial charge in [0.2, 0.25) is 0 Å². The van der Waals surface area contributed by atoms with Crippen LogP contribution in [0.4, 0.5) is 0 Å². The first kappa shape index (κ1) is 2680. The van der Waals surface area contributed by atoms with Gasteiger partial charge < -0.3 is 67.1 Å². The molecule has 24 N–H and O–H groups in total. The molecular formula is H28AlNaO12. The summed E-state index contributed by atoms with van der Waals surface area (Å²) in [6.07, 6.45) is 0. The zero-order chi connectivity index (χ0) is 0. The molecule has 0 unspecified atom stereocenters. The van der Waals surface area contributed by atoms with Crippen molar-refractivity contribution >= 4 is 17.4 Å². The Labute approximate surface area is 114 Å². The third-order valence-corrected chi connectivity index (χ3v) is 0. The van der Waals surface area contributed by atoms with Crippen LogP contribution in [-0.2, 0) is 0 Å².